The summed E-state index contributed by atoms with van der Waals surface area (Å²) in [5.74, 6) is 2.14. The quantitative estimate of drug-likeness (QED) is 0.352. The molecule has 0 aliphatic carbocycles. The number of terminal acetylenes is 1. The lowest BCUT2D eigenvalue weighted by molar-refractivity contribution is -0.181. The molecule has 0 unspecified atom stereocenters. The summed E-state index contributed by atoms with van der Waals surface area (Å²) >= 11 is 0. The molecule has 0 rings (SSSR count). The summed E-state index contributed by atoms with van der Waals surface area (Å²) in [6.07, 6.45) is 8.66. The fourth-order valence-corrected chi connectivity index (χ4v) is 0.881. The first-order valence-electron chi connectivity index (χ1n) is 4.73. The first-order chi connectivity index (χ1) is 6.76. The Bertz CT molecular complexity index is 218. The second-order valence-corrected chi connectivity index (χ2v) is 2.81. The number of hydroxylamine groups is 2. The number of hydrogen-bond acceptors (Lipinski definition) is 2. The van der Waals surface area contributed by atoms with Crippen molar-refractivity contribution in [1.29, 1.82) is 0 Å². The third kappa shape index (κ3) is 5.39. The first-order valence-corrected chi connectivity index (χ1v) is 4.73. The highest BCUT2D eigenvalue weighted by Crippen LogP contribution is 1.99. The van der Waals surface area contributed by atoms with Gasteiger partial charge in [-0.3, -0.25) is 9.63 Å². The molecule has 0 aliphatic heterocycles. The molecule has 1 amide bonds. The molecule has 3 nitrogen and oxygen atoms in total. The number of hydrogen-bond donors (Lipinski definition) is 0. The molecular formula is C11H17NO2. The van der Waals surface area contributed by atoms with Crippen molar-refractivity contribution in [3.8, 4) is 12.3 Å². The third-order valence-electron chi connectivity index (χ3n) is 1.59. The van der Waals surface area contributed by atoms with Crippen LogP contribution in [-0.2, 0) is 9.63 Å². The van der Waals surface area contributed by atoms with Gasteiger partial charge in [-0.25, -0.2) is 5.06 Å². The minimum absolute atomic E-state index is 0.0842. The maximum Gasteiger partial charge on any atom is 0.258 e. The van der Waals surface area contributed by atoms with Crippen molar-refractivity contribution in [3.05, 3.63) is 12.7 Å². The highest BCUT2D eigenvalue weighted by molar-refractivity contribution is 5.77. The predicted molar refractivity (Wildman–Crippen MR) is 56.2 cm³/mol. The van der Waals surface area contributed by atoms with Crippen molar-refractivity contribution in [2.24, 2.45) is 0 Å². The minimum atomic E-state index is -0.164. The molecule has 14 heavy (non-hydrogen) atoms. The Morgan fingerprint density at radius 2 is 2.43 bits per heavy atom. The molecule has 0 saturated carbocycles. The number of carbonyl (C=O) groups is 1. The maximum atomic E-state index is 11.4. The van der Waals surface area contributed by atoms with Crippen LogP contribution in [0.3, 0.4) is 0 Å². The third-order valence-corrected chi connectivity index (χ3v) is 1.59. The van der Waals surface area contributed by atoms with Gasteiger partial charge in [0, 0.05) is 6.54 Å². The van der Waals surface area contributed by atoms with Gasteiger partial charge in [0.15, 0.2) is 0 Å². The van der Waals surface area contributed by atoms with Crippen LogP contribution in [0.25, 0.3) is 0 Å². The lowest BCUT2D eigenvalue weighted by Crippen LogP contribution is -2.31. The molecule has 0 aromatic rings. The van der Waals surface area contributed by atoms with Gasteiger partial charge in [0.1, 0.15) is 0 Å². The van der Waals surface area contributed by atoms with E-state index in [1.807, 2.05) is 0 Å². The van der Waals surface area contributed by atoms with E-state index in [0.29, 0.717) is 13.2 Å². The highest BCUT2D eigenvalue weighted by Gasteiger charge is 2.11. The van der Waals surface area contributed by atoms with Crippen molar-refractivity contribution in [2.75, 3.05) is 13.2 Å². The zero-order valence-electron chi connectivity index (χ0n) is 8.66. The second kappa shape index (κ2) is 8.33. The Labute approximate surface area is 85.7 Å². The molecule has 0 spiro atoms. The normalized spacial score (nSPS) is 9.14. The molecule has 78 valence electrons. The Balaban J connectivity index is 4.01. The summed E-state index contributed by atoms with van der Waals surface area (Å²) in [5, 5.41) is 1.32. The Kier molecular flexibility index (Phi) is 7.58. The van der Waals surface area contributed by atoms with Gasteiger partial charge in [0.25, 0.3) is 5.91 Å². The average Bonchev–Trinajstić information content (AvgIpc) is 2.18. The summed E-state index contributed by atoms with van der Waals surface area (Å²) < 4.78 is 0. The Morgan fingerprint density at radius 3 is 2.93 bits per heavy atom. The fraction of sp³-hybridized carbons (Fsp3) is 0.545. The average molecular weight is 195 g/mol. The number of carbonyl (C=O) groups excluding carboxylic acids is 1. The SMILES string of the molecule is C#CCC(=O)N(CCCC)OCC=C. The Morgan fingerprint density at radius 1 is 1.71 bits per heavy atom. The number of nitrogens with zero attached hydrogens (tertiary/aromatic N) is 1. The van der Waals surface area contributed by atoms with E-state index in [-0.39, 0.29) is 12.3 Å². The standard InChI is InChI=1S/C11H17NO2/c1-4-7-9-12(14-10-6-3)11(13)8-5-2/h2,6H,3-4,7-10H2,1H3. The van der Waals surface area contributed by atoms with Gasteiger partial charge >= 0.3 is 0 Å². The van der Waals surface area contributed by atoms with Crippen LogP contribution in [0.2, 0.25) is 0 Å². The summed E-state index contributed by atoms with van der Waals surface area (Å²) in [7, 11) is 0. The molecule has 3 heteroatoms. The number of amides is 1. The zero-order chi connectivity index (χ0) is 10.8. The molecule has 0 heterocycles. The van der Waals surface area contributed by atoms with Crippen LogP contribution in [0, 0.1) is 12.3 Å². The monoisotopic (exact) mass is 195 g/mol. The van der Waals surface area contributed by atoms with Crippen molar-refractivity contribution in [3.63, 3.8) is 0 Å². The molecule has 0 atom stereocenters. The van der Waals surface area contributed by atoms with E-state index in [0.717, 1.165) is 12.8 Å². The van der Waals surface area contributed by atoms with E-state index in [2.05, 4.69) is 19.4 Å². The van der Waals surface area contributed by atoms with Crippen molar-refractivity contribution >= 4 is 5.91 Å². The van der Waals surface area contributed by atoms with Gasteiger partial charge in [-0.2, -0.15) is 0 Å². The van der Waals surface area contributed by atoms with E-state index in [1.54, 1.807) is 6.08 Å². The Hall–Kier alpha value is -1.27. The van der Waals surface area contributed by atoms with Gasteiger partial charge in [-0.05, 0) is 6.42 Å². The minimum Gasteiger partial charge on any atom is -0.271 e. The number of unbranched alkanes of at least 4 members (excludes halogenated alkanes) is 1. The van der Waals surface area contributed by atoms with E-state index in [1.165, 1.54) is 5.06 Å². The summed E-state index contributed by atoms with van der Waals surface area (Å²) in [6, 6.07) is 0. The maximum absolute atomic E-state index is 11.4. The van der Waals surface area contributed by atoms with Gasteiger partial charge in [-0.1, -0.05) is 25.3 Å². The molecule has 0 radical (unpaired) electrons. The lowest BCUT2D eigenvalue weighted by Gasteiger charge is -2.19. The smallest absolute Gasteiger partial charge is 0.258 e. The van der Waals surface area contributed by atoms with Crippen LogP contribution >= 0.6 is 0 Å². The first kappa shape index (κ1) is 12.7. The predicted octanol–water partition coefficient (Wildman–Crippen LogP) is 1.76. The summed E-state index contributed by atoms with van der Waals surface area (Å²) in [5.41, 5.74) is 0. The van der Waals surface area contributed by atoms with Gasteiger partial charge in [-0.15, -0.1) is 13.0 Å². The van der Waals surface area contributed by atoms with Gasteiger partial charge in [0.2, 0.25) is 0 Å². The van der Waals surface area contributed by atoms with Crippen molar-refractivity contribution < 1.29 is 9.63 Å². The number of rotatable bonds is 7. The highest BCUT2D eigenvalue weighted by atomic mass is 16.7. The lowest BCUT2D eigenvalue weighted by atomic mass is 10.3. The summed E-state index contributed by atoms with van der Waals surface area (Å²) in [4.78, 5) is 16.6. The molecule has 0 saturated heterocycles. The largest absolute Gasteiger partial charge is 0.271 e. The molecule has 0 fully saturated rings. The van der Waals surface area contributed by atoms with Crippen LogP contribution in [0.4, 0.5) is 0 Å². The zero-order valence-corrected chi connectivity index (χ0v) is 8.66. The molecule has 0 aromatic heterocycles. The van der Waals surface area contributed by atoms with Crippen LogP contribution in [0.1, 0.15) is 26.2 Å². The van der Waals surface area contributed by atoms with E-state index < -0.39 is 0 Å². The van der Waals surface area contributed by atoms with Crippen LogP contribution in [0.5, 0.6) is 0 Å². The topological polar surface area (TPSA) is 29.5 Å². The van der Waals surface area contributed by atoms with Gasteiger partial charge in [0.05, 0.1) is 13.0 Å². The van der Waals surface area contributed by atoms with Gasteiger partial charge < -0.3 is 0 Å². The molecule has 0 aliphatic rings. The fourth-order valence-electron chi connectivity index (χ4n) is 0.881. The molecular weight excluding hydrogens is 178 g/mol. The van der Waals surface area contributed by atoms with Crippen molar-refractivity contribution in [1.82, 2.24) is 5.06 Å². The van der Waals surface area contributed by atoms with E-state index in [4.69, 9.17) is 11.3 Å². The van der Waals surface area contributed by atoms with Crippen LogP contribution in [-0.4, -0.2) is 24.1 Å². The van der Waals surface area contributed by atoms with E-state index >= 15 is 0 Å². The molecule has 0 bridgehead atoms. The van der Waals surface area contributed by atoms with Crippen LogP contribution in [0.15, 0.2) is 12.7 Å². The molecule has 0 N–H and O–H groups in total. The van der Waals surface area contributed by atoms with Crippen molar-refractivity contribution in [2.45, 2.75) is 26.2 Å². The molecule has 0 aromatic carbocycles. The van der Waals surface area contributed by atoms with Crippen LogP contribution < -0.4 is 0 Å². The second-order valence-electron chi connectivity index (χ2n) is 2.81. The van der Waals surface area contributed by atoms with E-state index in [9.17, 15) is 4.79 Å². The summed E-state index contributed by atoms with van der Waals surface area (Å²) in [6.45, 7) is 6.49.